The largest absolute Gasteiger partial charge is 0.359 e. The lowest BCUT2D eigenvalue weighted by Crippen LogP contribution is -2.60. The normalized spacial score (nSPS) is 38.0. The number of rotatable bonds is 1. The summed E-state index contributed by atoms with van der Waals surface area (Å²) in [7, 11) is 0. The highest BCUT2D eigenvalue weighted by Gasteiger charge is 2.66. The number of aliphatic imine (C=N–C) groups is 1. The smallest absolute Gasteiger partial charge is 0.336 e. The van der Waals surface area contributed by atoms with Gasteiger partial charge in [0.1, 0.15) is 5.92 Å². The molecule has 3 aliphatic carbocycles. The molecular formula is C11H10N4O4. The first-order valence-corrected chi connectivity index (χ1v) is 6.12. The molecule has 4 unspecified atom stereocenters. The second-order valence-electron chi connectivity index (χ2n) is 5.25. The summed E-state index contributed by atoms with van der Waals surface area (Å²) in [6.45, 7) is 0. The van der Waals surface area contributed by atoms with Crippen LogP contribution in [0.5, 0.6) is 0 Å². The summed E-state index contributed by atoms with van der Waals surface area (Å²) in [6, 6.07) is 0. The highest BCUT2D eigenvalue weighted by atomic mass is 16.8. The van der Waals surface area contributed by atoms with Crippen LogP contribution >= 0.6 is 0 Å². The van der Waals surface area contributed by atoms with Gasteiger partial charge in [0.2, 0.25) is 5.69 Å². The first-order valence-electron chi connectivity index (χ1n) is 6.12. The van der Waals surface area contributed by atoms with E-state index in [1.54, 1.807) is 0 Å². The van der Waals surface area contributed by atoms with Gasteiger partial charge < -0.3 is 5.21 Å². The zero-order valence-corrected chi connectivity index (χ0v) is 9.80. The van der Waals surface area contributed by atoms with E-state index in [1.165, 1.54) is 6.21 Å². The minimum Gasteiger partial charge on any atom is -0.359 e. The molecule has 8 heteroatoms. The van der Waals surface area contributed by atoms with Crippen molar-refractivity contribution in [1.29, 1.82) is 0 Å². The maximum absolute atomic E-state index is 11.7. The van der Waals surface area contributed by atoms with Crippen LogP contribution < -0.4 is 4.90 Å². The Morgan fingerprint density at radius 1 is 1.47 bits per heavy atom. The molecule has 0 amide bonds. The Balaban J connectivity index is 2.01. The summed E-state index contributed by atoms with van der Waals surface area (Å²) in [5.41, 5.74) is -1.14. The molecule has 0 radical (unpaired) electrons. The highest BCUT2D eigenvalue weighted by Crippen LogP contribution is 2.55. The molecule has 0 aromatic carbocycles. The van der Waals surface area contributed by atoms with Gasteiger partial charge in [0.15, 0.2) is 0 Å². The van der Waals surface area contributed by atoms with Gasteiger partial charge in [0.05, 0.1) is 17.3 Å². The lowest BCUT2D eigenvalue weighted by atomic mass is 9.56. The van der Waals surface area contributed by atoms with Crippen molar-refractivity contribution in [2.45, 2.75) is 24.3 Å². The predicted molar refractivity (Wildman–Crippen MR) is 61.4 cm³/mol. The molecule has 4 aliphatic rings. The van der Waals surface area contributed by atoms with E-state index in [2.05, 4.69) is 14.8 Å². The second-order valence-corrected chi connectivity index (χ2v) is 5.25. The molecule has 19 heavy (non-hydrogen) atoms. The molecule has 98 valence electrons. The Labute approximate surface area is 107 Å². The van der Waals surface area contributed by atoms with Crippen molar-refractivity contribution in [3.8, 4) is 0 Å². The molecule has 4 atom stereocenters. The Morgan fingerprint density at radius 2 is 2.32 bits per heavy atom. The van der Waals surface area contributed by atoms with E-state index in [9.17, 15) is 15.3 Å². The maximum Gasteiger partial charge on any atom is 0.336 e. The minimum absolute atomic E-state index is 0.0412. The number of hydrogen-bond donors (Lipinski definition) is 0. The average molecular weight is 262 g/mol. The lowest BCUT2D eigenvalue weighted by Gasteiger charge is -2.45. The number of nitrogens with zero attached hydrogens (tertiary/aromatic N) is 4. The number of fused-ring (bicyclic) bond motifs is 2. The van der Waals surface area contributed by atoms with Gasteiger partial charge in [0, 0.05) is 4.92 Å². The predicted octanol–water partition coefficient (Wildman–Crippen LogP) is 0.719. The fraction of sp³-hybridized carbons (Fsp3) is 0.545. The van der Waals surface area contributed by atoms with Crippen LogP contribution in [0.4, 0.5) is 5.82 Å². The average Bonchev–Trinajstić information content (AvgIpc) is 2.81. The van der Waals surface area contributed by atoms with Gasteiger partial charge in [-0.2, -0.15) is 0 Å². The Kier molecular flexibility index (Phi) is 1.79. The van der Waals surface area contributed by atoms with Gasteiger partial charge in [-0.3, -0.25) is 14.7 Å². The molecule has 0 saturated heterocycles. The van der Waals surface area contributed by atoms with Crippen molar-refractivity contribution in [2.75, 3.05) is 0 Å². The number of allylic oxidation sites excluding steroid dienone is 1. The molecule has 2 bridgehead atoms. The maximum atomic E-state index is 11.7. The third kappa shape index (κ3) is 1.07. The SMILES string of the molecule is O=[N+]([O-])C12C=Nc3no[n+]([O-])c3C1C1C=CC2CC1. The van der Waals surface area contributed by atoms with Crippen molar-refractivity contribution in [2.24, 2.45) is 16.8 Å². The topological polar surface area (TPSA) is 108 Å². The summed E-state index contributed by atoms with van der Waals surface area (Å²) < 4.78 is 4.55. The van der Waals surface area contributed by atoms with Gasteiger partial charge in [0.25, 0.3) is 5.54 Å². The first-order chi connectivity index (χ1) is 9.14. The van der Waals surface area contributed by atoms with Gasteiger partial charge in [-0.25, -0.2) is 4.99 Å². The van der Waals surface area contributed by atoms with Crippen molar-refractivity contribution in [3.05, 3.63) is 33.2 Å². The lowest BCUT2D eigenvalue weighted by molar-refractivity contribution is -0.810. The third-order valence-corrected chi connectivity index (χ3v) is 4.55. The number of nitro groups is 1. The van der Waals surface area contributed by atoms with Crippen LogP contribution in [0.3, 0.4) is 0 Å². The molecule has 2 heterocycles. The number of hydrogen-bond acceptors (Lipinski definition) is 6. The summed E-state index contributed by atoms with van der Waals surface area (Å²) in [5, 5.41) is 26.9. The van der Waals surface area contributed by atoms with Crippen LogP contribution in [0, 0.1) is 27.2 Å². The Morgan fingerprint density at radius 3 is 3.00 bits per heavy atom. The summed E-state index contributed by atoms with van der Waals surface area (Å²) >= 11 is 0. The second kappa shape index (κ2) is 3.19. The van der Waals surface area contributed by atoms with Crippen LogP contribution in [0.2, 0.25) is 0 Å². The van der Waals surface area contributed by atoms with Gasteiger partial charge in [-0.05, 0) is 23.7 Å². The monoisotopic (exact) mass is 262 g/mol. The zero-order valence-electron chi connectivity index (χ0n) is 9.80. The summed E-state index contributed by atoms with van der Waals surface area (Å²) in [5.74, 6) is -0.647. The molecule has 0 N–H and O–H groups in total. The molecule has 1 aromatic heterocycles. The van der Waals surface area contributed by atoms with E-state index < -0.39 is 11.5 Å². The van der Waals surface area contributed by atoms with E-state index in [-0.39, 0.29) is 33.2 Å². The minimum atomic E-state index is -1.33. The Bertz CT molecular complexity index is 637. The van der Waals surface area contributed by atoms with E-state index in [4.69, 9.17) is 0 Å². The zero-order chi connectivity index (χ0) is 13.2. The molecule has 1 fully saturated rings. The third-order valence-electron chi connectivity index (χ3n) is 4.55. The standard InChI is InChI=1S/C11H10N4O4/c16-14-9-8-6-1-3-7(4-2-6)11(8,15(17)18)5-12-10(9)13-19-14/h1,3,5-8H,2,4H2. The van der Waals surface area contributed by atoms with E-state index >= 15 is 0 Å². The van der Waals surface area contributed by atoms with Crippen molar-refractivity contribution < 1.29 is 14.5 Å². The van der Waals surface area contributed by atoms with Crippen LogP contribution in [0.25, 0.3) is 0 Å². The molecule has 0 spiro atoms. The van der Waals surface area contributed by atoms with Gasteiger partial charge in [-0.1, -0.05) is 12.2 Å². The summed E-state index contributed by atoms with van der Waals surface area (Å²) in [6.07, 6.45) is 6.77. The molecule has 1 saturated carbocycles. The quantitative estimate of drug-likeness (QED) is 0.320. The molecule has 8 nitrogen and oxygen atoms in total. The molecule has 1 aliphatic heterocycles. The van der Waals surface area contributed by atoms with Crippen LogP contribution in [0.15, 0.2) is 21.8 Å². The van der Waals surface area contributed by atoms with E-state index in [1.807, 2.05) is 12.2 Å². The van der Waals surface area contributed by atoms with Crippen molar-refractivity contribution in [3.63, 3.8) is 0 Å². The first kappa shape index (κ1) is 10.7. The van der Waals surface area contributed by atoms with E-state index in [0.29, 0.717) is 0 Å². The van der Waals surface area contributed by atoms with Gasteiger partial charge >= 0.3 is 5.82 Å². The van der Waals surface area contributed by atoms with Crippen LogP contribution in [0.1, 0.15) is 24.5 Å². The molecule has 5 rings (SSSR count). The fourth-order valence-electron chi connectivity index (χ4n) is 3.73. The summed E-state index contributed by atoms with van der Waals surface area (Å²) in [4.78, 5) is 15.6. The Hall–Kier alpha value is -2.25. The van der Waals surface area contributed by atoms with Crippen molar-refractivity contribution >= 4 is 12.0 Å². The molecule has 1 aromatic rings. The van der Waals surface area contributed by atoms with Crippen LogP contribution in [-0.2, 0) is 0 Å². The highest BCUT2D eigenvalue weighted by molar-refractivity contribution is 5.78. The van der Waals surface area contributed by atoms with E-state index in [0.717, 1.165) is 12.8 Å². The fourth-order valence-corrected chi connectivity index (χ4v) is 3.73. The molecular weight excluding hydrogens is 252 g/mol. The number of aromatic nitrogens is 2. The van der Waals surface area contributed by atoms with Crippen LogP contribution in [-0.4, -0.2) is 21.8 Å². The van der Waals surface area contributed by atoms with Gasteiger partial charge in [-0.15, -0.1) is 0 Å². The van der Waals surface area contributed by atoms with Crippen molar-refractivity contribution in [1.82, 2.24) is 5.16 Å².